The van der Waals surface area contributed by atoms with Gasteiger partial charge in [-0.05, 0) is 42.3 Å². The molecule has 0 bridgehead atoms. The summed E-state index contributed by atoms with van der Waals surface area (Å²) in [4.78, 5) is 9.23. The predicted octanol–water partition coefficient (Wildman–Crippen LogP) is 7.34. The molecule has 2 heteroatoms. The minimum absolute atomic E-state index is 0.437. The van der Waals surface area contributed by atoms with Gasteiger partial charge in [0.2, 0.25) is 0 Å². The van der Waals surface area contributed by atoms with Crippen molar-refractivity contribution in [3.8, 4) is 0 Å². The second-order valence-electron chi connectivity index (χ2n) is 7.45. The molecule has 1 aliphatic rings. The summed E-state index contributed by atoms with van der Waals surface area (Å²) in [5.74, 6) is 0.437. The number of hydrogen-bond acceptors (Lipinski definition) is 2. The van der Waals surface area contributed by atoms with Crippen molar-refractivity contribution in [1.82, 2.24) is 0 Å². The Kier molecular flexibility index (Phi) is 8.30. The highest BCUT2D eigenvalue weighted by Gasteiger charge is 2.10. The fraction of sp³-hybridized carbons (Fsp3) is 0.172. The Morgan fingerprint density at radius 3 is 2.42 bits per heavy atom. The lowest BCUT2D eigenvalue weighted by atomic mass is 9.91. The Labute approximate surface area is 186 Å². The monoisotopic (exact) mass is 406 g/mol. The summed E-state index contributed by atoms with van der Waals surface area (Å²) in [5, 5.41) is 0. The molecule has 31 heavy (non-hydrogen) atoms. The van der Waals surface area contributed by atoms with E-state index in [0.717, 1.165) is 35.4 Å². The molecule has 3 rings (SSSR count). The predicted molar refractivity (Wildman–Crippen MR) is 136 cm³/mol. The van der Waals surface area contributed by atoms with Gasteiger partial charge in [0.1, 0.15) is 0 Å². The summed E-state index contributed by atoms with van der Waals surface area (Å²) in [6.45, 7) is 10.4. The molecule has 0 saturated carbocycles. The molecule has 1 atom stereocenters. The van der Waals surface area contributed by atoms with Crippen LogP contribution in [0.2, 0.25) is 0 Å². The molecule has 0 amide bonds. The molecule has 2 nitrogen and oxygen atoms in total. The van der Waals surface area contributed by atoms with E-state index in [-0.39, 0.29) is 0 Å². The van der Waals surface area contributed by atoms with Gasteiger partial charge in [-0.25, -0.2) is 0 Å². The fourth-order valence-corrected chi connectivity index (χ4v) is 3.54. The first-order chi connectivity index (χ1) is 15.2. The standard InChI is InChI=1S/C29H30N2/c1-4-12-23(5-2)22-31-29(21-28(30-3)26-15-10-7-11-16-26)27-19-17-25(18-20-27)24-13-8-6-9-14-24/h4,6-13,15-21,24H,1,3,5,14,22H2,2H3/b23-12+,28-21-,31-29?. The van der Waals surface area contributed by atoms with Gasteiger partial charge in [0.05, 0.1) is 18.0 Å². The molecule has 1 aliphatic carbocycles. The van der Waals surface area contributed by atoms with E-state index in [1.54, 1.807) is 0 Å². The second kappa shape index (κ2) is 11.6. The second-order valence-corrected chi connectivity index (χ2v) is 7.45. The van der Waals surface area contributed by atoms with Crippen LogP contribution in [-0.4, -0.2) is 19.0 Å². The van der Waals surface area contributed by atoms with E-state index in [2.05, 4.69) is 73.8 Å². The molecule has 0 heterocycles. The van der Waals surface area contributed by atoms with Gasteiger partial charge in [-0.1, -0.05) is 105 Å². The lowest BCUT2D eigenvalue weighted by molar-refractivity contribution is 0.854. The number of benzene rings is 2. The number of nitrogens with zero attached hydrogens (tertiary/aromatic N) is 2. The van der Waals surface area contributed by atoms with Gasteiger partial charge < -0.3 is 0 Å². The van der Waals surface area contributed by atoms with Crippen LogP contribution in [0.15, 0.2) is 119 Å². The summed E-state index contributed by atoms with van der Waals surface area (Å²) in [6, 6.07) is 18.8. The van der Waals surface area contributed by atoms with E-state index >= 15 is 0 Å². The maximum absolute atomic E-state index is 4.95. The van der Waals surface area contributed by atoms with Crippen LogP contribution in [0.1, 0.15) is 42.4 Å². The Morgan fingerprint density at radius 1 is 1.03 bits per heavy atom. The molecule has 2 aromatic rings. The normalized spacial score (nSPS) is 16.9. The highest BCUT2D eigenvalue weighted by Crippen LogP contribution is 2.25. The van der Waals surface area contributed by atoms with Crippen LogP contribution in [0, 0.1) is 0 Å². The molecular formula is C29H30N2. The van der Waals surface area contributed by atoms with Crippen molar-refractivity contribution < 1.29 is 0 Å². The molecule has 0 N–H and O–H groups in total. The maximum atomic E-state index is 4.95. The minimum Gasteiger partial charge on any atom is -0.280 e. The van der Waals surface area contributed by atoms with Crippen LogP contribution >= 0.6 is 0 Å². The van der Waals surface area contributed by atoms with Crippen LogP contribution in [-0.2, 0) is 0 Å². The van der Waals surface area contributed by atoms with Crippen molar-refractivity contribution in [2.24, 2.45) is 9.98 Å². The molecule has 0 aromatic heterocycles. The zero-order valence-electron chi connectivity index (χ0n) is 18.2. The Bertz CT molecular complexity index is 1030. The third-order valence-electron chi connectivity index (χ3n) is 5.39. The van der Waals surface area contributed by atoms with Crippen molar-refractivity contribution in [2.75, 3.05) is 6.54 Å². The summed E-state index contributed by atoms with van der Waals surface area (Å²) in [6.07, 6.45) is 16.6. The molecule has 0 aliphatic heterocycles. The summed E-state index contributed by atoms with van der Waals surface area (Å²) in [7, 11) is 0. The molecule has 1 unspecified atom stereocenters. The van der Waals surface area contributed by atoms with Gasteiger partial charge in [0.15, 0.2) is 0 Å². The van der Waals surface area contributed by atoms with E-state index in [9.17, 15) is 0 Å². The molecule has 0 fully saturated rings. The van der Waals surface area contributed by atoms with Crippen molar-refractivity contribution >= 4 is 18.1 Å². The van der Waals surface area contributed by atoms with E-state index in [1.807, 2.05) is 48.6 Å². The minimum atomic E-state index is 0.437. The van der Waals surface area contributed by atoms with Gasteiger partial charge in [-0.2, -0.15) is 0 Å². The maximum Gasteiger partial charge on any atom is 0.0716 e. The zero-order chi connectivity index (χ0) is 21.9. The summed E-state index contributed by atoms with van der Waals surface area (Å²) in [5.41, 5.74) is 6.38. The smallest absolute Gasteiger partial charge is 0.0716 e. The van der Waals surface area contributed by atoms with Crippen LogP contribution in [0.5, 0.6) is 0 Å². The van der Waals surface area contributed by atoms with Gasteiger partial charge in [-0.3, -0.25) is 9.98 Å². The quantitative estimate of drug-likeness (QED) is 0.307. The van der Waals surface area contributed by atoms with Gasteiger partial charge >= 0.3 is 0 Å². The molecule has 0 radical (unpaired) electrons. The Balaban J connectivity index is 1.97. The third kappa shape index (κ3) is 6.23. The molecule has 2 aromatic carbocycles. The van der Waals surface area contributed by atoms with E-state index in [0.29, 0.717) is 12.5 Å². The van der Waals surface area contributed by atoms with Gasteiger partial charge in [-0.15, -0.1) is 0 Å². The highest BCUT2D eigenvalue weighted by molar-refractivity contribution is 6.12. The summed E-state index contributed by atoms with van der Waals surface area (Å²) >= 11 is 0. The molecular weight excluding hydrogens is 376 g/mol. The topological polar surface area (TPSA) is 24.7 Å². The van der Waals surface area contributed by atoms with Gasteiger partial charge in [0.25, 0.3) is 0 Å². The first-order valence-electron chi connectivity index (χ1n) is 10.8. The molecule has 156 valence electrons. The van der Waals surface area contributed by atoms with E-state index < -0.39 is 0 Å². The SMILES string of the molecule is C=C/C=C(\CC)CN=C(/C=C(\N=C)c1ccccc1)c1ccc(C2C=CC=CC2)cc1. The first-order valence-corrected chi connectivity index (χ1v) is 10.8. The lowest BCUT2D eigenvalue weighted by Crippen LogP contribution is -2.03. The Morgan fingerprint density at radius 2 is 1.81 bits per heavy atom. The van der Waals surface area contributed by atoms with E-state index in [4.69, 9.17) is 4.99 Å². The molecule has 0 spiro atoms. The van der Waals surface area contributed by atoms with E-state index in [1.165, 1.54) is 11.1 Å². The molecule has 0 saturated heterocycles. The Hall–Kier alpha value is -3.52. The average Bonchev–Trinajstić information content (AvgIpc) is 2.84. The number of hydrogen-bond donors (Lipinski definition) is 0. The summed E-state index contributed by atoms with van der Waals surface area (Å²) < 4.78 is 0. The van der Waals surface area contributed by atoms with Crippen molar-refractivity contribution in [2.45, 2.75) is 25.7 Å². The van der Waals surface area contributed by atoms with Crippen molar-refractivity contribution in [1.29, 1.82) is 0 Å². The fourth-order valence-electron chi connectivity index (χ4n) is 3.54. The number of rotatable bonds is 9. The first kappa shape index (κ1) is 22.2. The number of allylic oxidation sites excluding steroid dienone is 7. The van der Waals surface area contributed by atoms with Crippen LogP contribution < -0.4 is 0 Å². The zero-order valence-corrected chi connectivity index (χ0v) is 18.2. The van der Waals surface area contributed by atoms with Crippen LogP contribution in [0.4, 0.5) is 0 Å². The van der Waals surface area contributed by atoms with Crippen LogP contribution in [0.25, 0.3) is 5.70 Å². The average molecular weight is 407 g/mol. The van der Waals surface area contributed by atoms with Crippen molar-refractivity contribution in [3.05, 3.63) is 126 Å². The largest absolute Gasteiger partial charge is 0.280 e. The number of aliphatic imine (C=N–C) groups is 2. The highest BCUT2D eigenvalue weighted by atomic mass is 14.8. The van der Waals surface area contributed by atoms with Crippen LogP contribution in [0.3, 0.4) is 0 Å². The third-order valence-corrected chi connectivity index (χ3v) is 5.39. The van der Waals surface area contributed by atoms with Gasteiger partial charge in [0, 0.05) is 11.5 Å². The lowest BCUT2D eigenvalue weighted by Gasteiger charge is -2.14. The van der Waals surface area contributed by atoms with Crippen molar-refractivity contribution in [3.63, 3.8) is 0 Å².